The number of alkyl halides is 1. The normalized spacial score (nSPS) is 13.5. The smallest absolute Gasteiger partial charge is 0.341 e. The minimum atomic E-state index is -0.568. The average Bonchev–Trinajstić information content (AvgIpc) is 3.30. The third-order valence-electron chi connectivity index (χ3n) is 4.52. The Kier molecular flexibility index (Phi) is 7.07. The Bertz CT molecular complexity index is 987. The van der Waals surface area contributed by atoms with E-state index in [1.165, 1.54) is 17.4 Å². The second-order valence-corrected chi connectivity index (χ2v) is 7.97. The number of carbonyl (C=O) groups excluding carboxylic acids is 2. The summed E-state index contributed by atoms with van der Waals surface area (Å²) in [5.74, 6) is -0.593. The fraction of sp³-hybridized carbons (Fsp3) is 0.400. The molecule has 29 heavy (non-hydrogen) atoms. The summed E-state index contributed by atoms with van der Waals surface area (Å²) < 4.78 is 6.83. The number of thiophene rings is 1. The third kappa shape index (κ3) is 4.86. The van der Waals surface area contributed by atoms with E-state index in [1.807, 2.05) is 6.07 Å². The second kappa shape index (κ2) is 9.72. The number of amides is 1. The molecule has 1 N–H and O–H groups in total. The van der Waals surface area contributed by atoms with Gasteiger partial charge in [-0.05, 0) is 44.2 Å². The monoisotopic (exact) mass is 432 g/mol. The topological polar surface area (TPSA) is 97.0 Å². The van der Waals surface area contributed by atoms with Gasteiger partial charge in [-0.15, -0.1) is 22.9 Å². The highest BCUT2D eigenvalue weighted by molar-refractivity contribution is 7.17. The van der Waals surface area contributed by atoms with Crippen LogP contribution in [0.25, 0.3) is 6.08 Å². The molecule has 1 amide bonds. The molecular formula is C20H21ClN4O3S. The maximum absolute atomic E-state index is 12.7. The lowest BCUT2D eigenvalue weighted by Crippen LogP contribution is -2.16. The van der Waals surface area contributed by atoms with Crippen molar-refractivity contribution >= 4 is 45.9 Å². The number of aryl methyl sites for hydroxylation is 2. The van der Waals surface area contributed by atoms with E-state index in [-0.39, 0.29) is 12.2 Å². The van der Waals surface area contributed by atoms with Gasteiger partial charge in [0.1, 0.15) is 16.6 Å². The van der Waals surface area contributed by atoms with Crippen LogP contribution in [0.3, 0.4) is 0 Å². The summed E-state index contributed by atoms with van der Waals surface area (Å²) in [6.45, 7) is 2.54. The highest BCUT2D eigenvalue weighted by atomic mass is 35.5. The standard InChI is InChI=1S/C20H21ClN4O3S/c1-2-28-20(27)17-15-5-3-4-6-16(15)29-19(17)24-18(26)14(10-22)9-13-11-23-25(12-13)8-7-21/h9,11-12H,2-8H2,1H3,(H,24,26)/b14-9-. The molecule has 1 aliphatic carbocycles. The van der Waals surface area contributed by atoms with Crippen LogP contribution < -0.4 is 5.32 Å². The van der Waals surface area contributed by atoms with E-state index >= 15 is 0 Å². The number of carbonyl (C=O) groups is 2. The molecule has 0 radical (unpaired) electrons. The van der Waals surface area contributed by atoms with Crippen molar-refractivity contribution in [2.45, 2.75) is 39.2 Å². The molecule has 0 spiro atoms. The number of ether oxygens (including phenoxy) is 1. The molecule has 0 saturated heterocycles. The number of fused-ring (bicyclic) bond motifs is 1. The molecule has 9 heteroatoms. The number of esters is 1. The molecule has 1 aliphatic rings. The fourth-order valence-electron chi connectivity index (χ4n) is 3.22. The molecular weight excluding hydrogens is 412 g/mol. The van der Waals surface area contributed by atoms with Crippen molar-refractivity contribution in [3.63, 3.8) is 0 Å². The molecule has 0 saturated carbocycles. The summed E-state index contributed by atoms with van der Waals surface area (Å²) in [5, 5.41) is 16.8. The van der Waals surface area contributed by atoms with Crippen molar-refractivity contribution in [3.05, 3.63) is 39.5 Å². The van der Waals surface area contributed by atoms with Gasteiger partial charge in [0.25, 0.3) is 5.91 Å². The van der Waals surface area contributed by atoms with Crippen molar-refractivity contribution in [1.29, 1.82) is 5.26 Å². The molecule has 0 bridgehead atoms. The van der Waals surface area contributed by atoms with Crippen molar-refractivity contribution in [3.8, 4) is 6.07 Å². The fourth-order valence-corrected chi connectivity index (χ4v) is 4.67. The molecule has 0 aliphatic heterocycles. The number of nitrogens with zero attached hydrogens (tertiary/aromatic N) is 3. The second-order valence-electron chi connectivity index (χ2n) is 6.49. The van der Waals surface area contributed by atoms with E-state index in [9.17, 15) is 14.9 Å². The van der Waals surface area contributed by atoms with Gasteiger partial charge in [-0.2, -0.15) is 10.4 Å². The number of hydrogen-bond donors (Lipinski definition) is 1. The van der Waals surface area contributed by atoms with Crippen LogP contribution in [0.5, 0.6) is 0 Å². The van der Waals surface area contributed by atoms with E-state index in [2.05, 4.69) is 10.4 Å². The molecule has 3 rings (SSSR count). The first-order valence-corrected chi connectivity index (χ1v) is 10.8. The maximum atomic E-state index is 12.7. The quantitative estimate of drug-likeness (QED) is 0.311. The maximum Gasteiger partial charge on any atom is 0.341 e. The molecule has 2 aromatic rings. The molecule has 0 unspecified atom stereocenters. The Morgan fingerprint density at radius 2 is 2.24 bits per heavy atom. The Balaban J connectivity index is 1.86. The number of nitriles is 1. The molecule has 2 aromatic heterocycles. The van der Waals surface area contributed by atoms with Crippen LogP contribution in [0, 0.1) is 11.3 Å². The lowest BCUT2D eigenvalue weighted by atomic mass is 9.95. The SMILES string of the molecule is CCOC(=O)c1c(NC(=O)/C(C#N)=C\c2cnn(CCCl)c2)sc2c1CCCC2. The van der Waals surface area contributed by atoms with Crippen molar-refractivity contribution in [2.24, 2.45) is 0 Å². The van der Waals surface area contributed by atoms with Gasteiger partial charge in [-0.3, -0.25) is 9.48 Å². The Morgan fingerprint density at radius 1 is 1.45 bits per heavy atom. The average molecular weight is 433 g/mol. The summed E-state index contributed by atoms with van der Waals surface area (Å²) in [4.78, 5) is 26.3. The highest BCUT2D eigenvalue weighted by Crippen LogP contribution is 2.38. The zero-order valence-corrected chi connectivity index (χ0v) is 17.6. The predicted molar refractivity (Wildman–Crippen MR) is 112 cm³/mol. The van der Waals surface area contributed by atoms with Gasteiger partial charge in [-0.25, -0.2) is 4.79 Å². The molecule has 152 valence electrons. The number of aromatic nitrogens is 2. The first-order valence-electron chi connectivity index (χ1n) is 9.40. The van der Waals surface area contributed by atoms with Gasteiger partial charge in [0.05, 0.1) is 24.9 Å². The predicted octanol–water partition coefficient (Wildman–Crippen LogP) is 3.78. The van der Waals surface area contributed by atoms with Crippen LogP contribution in [0.2, 0.25) is 0 Å². The number of rotatable bonds is 7. The first-order chi connectivity index (χ1) is 14.1. The molecule has 7 nitrogen and oxygen atoms in total. The third-order valence-corrected chi connectivity index (χ3v) is 5.90. The van der Waals surface area contributed by atoms with E-state index < -0.39 is 11.9 Å². The number of anilines is 1. The highest BCUT2D eigenvalue weighted by Gasteiger charge is 2.27. The Hall–Kier alpha value is -2.63. The summed E-state index contributed by atoms with van der Waals surface area (Å²) in [6, 6.07) is 1.92. The minimum absolute atomic E-state index is 0.0726. The van der Waals surface area contributed by atoms with Crippen LogP contribution >= 0.6 is 22.9 Å². The van der Waals surface area contributed by atoms with Crippen molar-refractivity contribution < 1.29 is 14.3 Å². The lowest BCUT2D eigenvalue weighted by molar-refractivity contribution is -0.112. The largest absolute Gasteiger partial charge is 0.462 e. The van der Waals surface area contributed by atoms with Gasteiger partial charge in [0.2, 0.25) is 0 Å². The Morgan fingerprint density at radius 3 is 2.97 bits per heavy atom. The summed E-state index contributed by atoms with van der Waals surface area (Å²) in [6.07, 6.45) is 8.45. The van der Waals surface area contributed by atoms with Gasteiger partial charge in [-0.1, -0.05) is 0 Å². The summed E-state index contributed by atoms with van der Waals surface area (Å²) in [5.41, 5.74) is 1.93. The molecule has 0 aromatic carbocycles. The van der Waals surface area contributed by atoms with Gasteiger partial charge in [0.15, 0.2) is 0 Å². The van der Waals surface area contributed by atoms with E-state index in [4.69, 9.17) is 16.3 Å². The van der Waals surface area contributed by atoms with Crippen LogP contribution in [0.15, 0.2) is 18.0 Å². The van der Waals surface area contributed by atoms with E-state index in [1.54, 1.807) is 24.0 Å². The van der Waals surface area contributed by atoms with Crippen LogP contribution in [-0.2, 0) is 28.9 Å². The van der Waals surface area contributed by atoms with E-state index in [0.717, 1.165) is 36.1 Å². The zero-order valence-electron chi connectivity index (χ0n) is 16.0. The van der Waals surface area contributed by atoms with Crippen LogP contribution in [0.4, 0.5) is 5.00 Å². The zero-order chi connectivity index (χ0) is 20.8. The van der Waals surface area contributed by atoms with E-state index in [0.29, 0.717) is 28.6 Å². The lowest BCUT2D eigenvalue weighted by Gasteiger charge is -2.12. The van der Waals surface area contributed by atoms with Crippen LogP contribution in [-0.4, -0.2) is 34.1 Å². The minimum Gasteiger partial charge on any atom is -0.462 e. The Labute approximate surface area is 177 Å². The molecule has 0 atom stereocenters. The van der Waals surface area contributed by atoms with Crippen LogP contribution in [0.1, 0.15) is 46.1 Å². The van der Waals surface area contributed by atoms with Crippen molar-refractivity contribution in [1.82, 2.24) is 9.78 Å². The molecule has 2 heterocycles. The summed E-state index contributed by atoms with van der Waals surface area (Å²) >= 11 is 7.08. The number of halogens is 1. The number of nitrogens with one attached hydrogen (secondary N) is 1. The first kappa shape index (κ1) is 21.1. The number of hydrogen-bond acceptors (Lipinski definition) is 6. The van der Waals surface area contributed by atoms with Gasteiger partial charge in [0, 0.05) is 22.5 Å². The molecule has 0 fully saturated rings. The summed E-state index contributed by atoms with van der Waals surface area (Å²) in [7, 11) is 0. The van der Waals surface area contributed by atoms with Gasteiger partial charge >= 0.3 is 5.97 Å². The van der Waals surface area contributed by atoms with Gasteiger partial charge < -0.3 is 10.1 Å². The van der Waals surface area contributed by atoms with Crippen molar-refractivity contribution in [2.75, 3.05) is 17.8 Å².